The van der Waals surface area contributed by atoms with Gasteiger partial charge in [0.15, 0.2) is 0 Å². The van der Waals surface area contributed by atoms with Crippen molar-refractivity contribution in [3.63, 3.8) is 0 Å². The molecule has 0 aromatic rings. The number of amides is 4. The second-order valence-corrected chi connectivity index (χ2v) is 2.43. The van der Waals surface area contributed by atoms with Gasteiger partial charge in [0, 0.05) is 6.04 Å². The van der Waals surface area contributed by atoms with Crippen molar-refractivity contribution in [1.29, 1.82) is 0 Å². The van der Waals surface area contributed by atoms with E-state index in [0.29, 0.717) is 0 Å². The molecule has 0 aliphatic heterocycles. The van der Waals surface area contributed by atoms with E-state index in [-0.39, 0.29) is 6.04 Å². The lowest BCUT2D eigenvalue weighted by molar-refractivity contribution is 0.243. The molecule has 0 saturated heterocycles. The van der Waals surface area contributed by atoms with Gasteiger partial charge in [0.25, 0.3) is 0 Å². The minimum absolute atomic E-state index is 0.0481. The van der Waals surface area contributed by atoms with Gasteiger partial charge in [-0.15, -0.1) is 0 Å². The first-order valence-electron chi connectivity index (χ1n) is 3.47. The fourth-order valence-electron chi connectivity index (χ4n) is 0.477. The maximum Gasteiger partial charge on any atom is 0.393 e. The van der Waals surface area contributed by atoms with Gasteiger partial charge in [0.1, 0.15) is 0 Å². The lowest BCUT2D eigenvalue weighted by Crippen LogP contribution is -2.48. The third-order valence-electron chi connectivity index (χ3n) is 0.837. The molecule has 0 aliphatic rings. The highest BCUT2D eigenvalue weighted by Gasteiger charge is 2.02. The summed E-state index contributed by atoms with van der Waals surface area (Å²) >= 11 is 0. The fraction of sp³-hybridized carbons (Fsp3) is 0.600. The highest BCUT2D eigenvalue weighted by Crippen LogP contribution is 1.74. The summed E-state index contributed by atoms with van der Waals surface area (Å²) in [5.41, 5.74) is 4.73. The van der Waals surface area contributed by atoms with Crippen LogP contribution in [0.2, 0.25) is 0 Å². The number of carbonyl (C=O) groups excluding carboxylic acids is 2. The zero-order chi connectivity index (χ0) is 9.56. The number of rotatable bonds is 3. The SMILES string of the molecule is CC(C)NC(=O)N[B]NC(N)=O. The van der Waals surface area contributed by atoms with Crippen LogP contribution in [-0.4, -0.2) is 25.7 Å². The van der Waals surface area contributed by atoms with Gasteiger partial charge in [-0.25, -0.2) is 0 Å². The molecule has 0 aliphatic carbocycles. The van der Waals surface area contributed by atoms with Crippen LogP contribution >= 0.6 is 0 Å². The average molecular weight is 171 g/mol. The molecule has 12 heavy (non-hydrogen) atoms. The molecule has 67 valence electrons. The summed E-state index contributed by atoms with van der Waals surface area (Å²) in [5, 5.41) is 6.89. The Balaban J connectivity index is 3.38. The quantitative estimate of drug-likeness (QED) is 0.405. The molecular weight excluding hydrogens is 159 g/mol. The number of nitrogens with one attached hydrogen (secondary N) is 3. The Labute approximate surface area is 71.5 Å². The molecule has 0 rings (SSSR count). The molecule has 0 saturated carbocycles. The van der Waals surface area contributed by atoms with Gasteiger partial charge in [-0.2, -0.15) is 0 Å². The van der Waals surface area contributed by atoms with Crippen molar-refractivity contribution in [1.82, 2.24) is 15.8 Å². The minimum Gasteiger partial charge on any atom is -0.365 e. The lowest BCUT2D eigenvalue weighted by Gasteiger charge is -2.08. The molecule has 0 unspecified atom stereocenters. The number of carbonyl (C=O) groups is 2. The highest BCUT2D eigenvalue weighted by atomic mass is 16.2. The molecule has 1 radical (unpaired) electrons. The van der Waals surface area contributed by atoms with Crippen LogP contribution < -0.4 is 21.5 Å². The molecule has 0 aromatic carbocycles. The molecule has 0 aromatic heterocycles. The molecule has 0 fully saturated rings. The van der Waals surface area contributed by atoms with E-state index in [0.717, 1.165) is 7.55 Å². The summed E-state index contributed by atoms with van der Waals surface area (Å²) in [6, 6.07) is -1.06. The summed E-state index contributed by atoms with van der Waals surface area (Å²) < 4.78 is 0. The standard InChI is InChI=1S/C5H12BN4O2/c1-3(2)8-5(12)10-6-9-4(7)11/h3H,1-2H3,(H3,7,9,11)(H2,8,10,12). The average Bonchev–Trinajstić information content (AvgIpc) is 1.84. The van der Waals surface area contributed by atoms with E-state index in [1.54, 1.807) is 0 Å². The van der Waals surface area contributed by atoms with Crippen LogP contribution in [0.4, 0.5) is 9.59 Å². The minimum atomic E-state index is -0.722. The second-order valence-electron chi connectivity index (χ2n) is 2.43. The molecule has 5 N–H and O–H groups in total. The number of hydrogen-bond acceptors (Lipinski definition) is 2. The molecule has 0 spiro atoms. The predicted molar refractivity (Wildman–Crippen MR) is 45.3 cm³/mol. The van der Waals surface area contributed by atoms with Crippen molar-refractivity contribution in [3.05, 3.63) is 0 Å². The number of primary amides is 1. The Kier molecular flexibility index (Phi) is 4.67. The normalized spacial score (nSPS) is 8.92. The van der Waals surface area contributed by atoms with Crippen LogP contribution in [0.15, 0.2) is 0 Å². The van der Waals surface area contributed by atoms with E-state index in [4.69, 9.17) is 5.73 Å². The van der Waals surface area contributed by atoms with Crippen molar-refractivity contribution < 1.29 is 9.59 Å². The van der Waals surface area contributed by atoms with E-state index in [1.807, 2.05) is 13.8 Å². The molecule has 7 heteroatoms. The Bertz CT molecular complexity index is 173. The topological polar surface area (TPSA) is 96.2 Å². The molecule has 4 amide bonds. The van der Waals surface area contributed by atoms with Crippen molar-refractivity contribution in [2.75, 3.05) is 0 Å². The summed E-state index contributed by atoms with van der Waals surface area (Å²) in [6.45, 7) is 3.64. The van der Waals surface area contributed by atoms with Gasteiger partial charge in [-0.1, -0.05) is 0 Å². The Morgan fingerprint density at radius 2 is 1.92 bits per heavy atom. The molecule has 0 bridgehead atoms. The van der Waals surface area contributed by atoms with Crippen molar-refractivity contribution in [3.8, 4) is 0 Å². The van der Waals surface area contributed by atoms with Crippen LogP contribution in [-0.2, 0) is 0 Å². The molecular formula is C5H12BN4O2. The summed E-state index contributed by atoms with van der Waals surface area (Å²) in [6.07, 6.45) is 0. The van der Waals surface area contributed by atoms with E-state index >= 15 is 0 Å². The third-order valence-corrected chi connectivity index (χ3v) is 0.837. The number of hydrogen-bond donors (Lipinski definition) is 4. The maximum absolute atomic E-state index is 10.8. The van der Waals surface area contributed by atoms with Crippen molar-refractivity contribution in [2.45, 2.75) is 19.9 Å². The van der Waals surface area contributed by atoms with E-state index in [9.17, 15) is 9.59 Å². The number of nitrogens with two attached hydrogens (primary N) is 1. The lowest BCUT2D eigenvalue weighted by atomic mass is 10.2. The van der Waals surface area contributed by atoms with Gasteiger partial charge in [0.05, 0.1) is 0 Å². The molecule has 0 heterocycles. The largest absolute Gasteiger partial charge is 0.393 e. The van der Waals surface area contributed by atoms with Gasteiger partial charge >= 0.3 is 19.6 Å². The zero-order valence-corrected chi connectivity index (χ0v) is 7.05. The smallest absolute Gasteiger partial charge is 0.365 e. The monoisotopic (exact) mass is 171 g/mol. The van der Waals surface area contributed by atoms with E-state index < -0.39 is 12.1 Å². The summed E-state index contributed by atoms with van der Waals surface area (Å²) in [7, 11) is 1.07. The van der Waals surface area contributed by atoms with Gasteiger partial charge in [0.2, 0.25) is 0 Å². The predicted octanol–water partition coefficient (Wildman–Crippen LogP) is -1.10. The summed E-state index contributed by atoms with van der Waals surface area (Å²) in [4.78, 5) is 20.9. The maximum atomic E-state index is 10.8. The second kappa shape index (κ2) is 5.28. The van der Waals surface area contributed by atoms with Crippen LogP contribution in [0.3, 0.4) is 0 Å². The first-order valence-corrected chi connectivity index (χ1v) is 3.47. The van der Waals surface area contributed by atoms with Crippen LogP contribution in [0.1, 0.15) is 13.8 Å². The van der Waals surface area contributed by atoms with Crippen LogP contribution in [0, 0.1) is 0 Å². The van der Waals surface area contributed by atoms with E-state index in [2.05, 4.69) is 15.8 Å². The van der Waals surface area contributed by atoms with Crippen molar-refractivity contribution in [2.24, 2.45) is 5.73 Å². The molecule has 6 nitrogen and oxygen atoms in total. The van der Waals surface area contributed by atoms with Crippen LogP contribution in [0.5, 0.6) is 0 Å². The first kappa shape index (κ1) is 10.6. The Hall–Kier alpha value is -1.40. The Morgan fingerprint density at radius 1 is 1.33 bits per heavy atom. The highest BCUT2D eigenvalue weighted by molar-refractivity contribution is 6.38. The first-order chi connectivity index (χ1) is 5.52. The van der Waals surface area contributed by atoms with Crippen LogP contribution in [0.25, 0.3) is 0 Å². The van der Waals surface area contributed by atoms with Gasteiger partial charge in [-0.3, -0.25) is 9.59 Å². The van der Waals surface area contributed by atoms with E-state index in [1.165, 1.54) is 0 Å². The number of urea groups is 2. The summed E-state index contributed by atoms with van der Waals surface area (Å²) in [5.74, 6) is 0. The Morgan fingerprint density at radius 3 is 2.33 bits per heavy atom. The molecule has 0 atom stereocenters. The third kappa shape index (κ3) is 6.72. The van der Waals surface area contributed by atoms with Gasteiger partial charge < -0.3 is 21.5 Å². The fourth-order valence-corrected chi connectivity index (χ4v) is 0.477. The van der Waals surface area contributed by atoms with Crippen molar-refractivity contribution >= 4 is 19.6 Å². The zero-order valence-electron chi connectivity index (χ0n) is 7.05. The van der Waals surface area contributed by atoms with Gasteiger partial charge in [-0.05, 0) is 13.8 Å².